The molecule has 0 bridgehead atoms. The van der Waals surface area contributed by atoms with Gasteiger partial charge in [-0.15, -0.1) is 11.3 Å². The summed E-state index contributed by atoms with van der Waals surface area (Å²) in [7, 11) is -1.47. The van der Waals surface area contributed by atoms with Crippen molar-refractivity contribution in [2.24, 2.45) is 0 Å². The van der Waals surface area contributed by atoms with Crippen LogP contribution in [0, 0.1) is 0 Å². The van der Waals surface area contributed by atoms with Crippen molar-refractivity contribution >= 4 is 33.2 Å². The van der Waals surface area contributed by atoms with Crippen molar-refractivity contribution in [2.75, 3.05) is 20.7 Å². The van der Waals surface area contributed by atoms with Crippen molar-refractivity contribution < 1.29 is 22.7 Å². The van der Waals surface area contributed by atoms with Crippen LogP contribution in [0.4, 0.5) is 0 Å². The SMILES string of the molecule is COC(=O)c1sccc1S(=O)(=O)N(C)CC(=O)NC(C)C. The monoisotopic (exact) mass is 334 g/mol. The van der Waals surface area contributed by atoms with Gasteiger partial charge in [0, 0.05) is 13.1 Å². The van der Waals surface area contributed by atoms with Crippen LogP contribution < -0.4 is 5.32 Å². The summed E-state index contributed by atoms with van der Waals surface area (Å²) in [5.41, 5.74) is 0. The number of hydrogen-bond donors (Lipinski definition) is 1. The van der Waals surface area contributed by atoms with E-state index in [9.17, 15) is 18.0 Å². The van der Waals surface area contributed by atoms with Crippen LogP contribution in [0.2, 0.25) is 0 Å². The number of carbonyl (C=O) groups is 2. The lowest BCUT2D eigenvalue weighted by atomic mass is 10.4. The molecule has 0 fully saturated rings. The molecule has 7 nitrogen and oxygen atoms in total. The van der Waals surface area contributed by atoms with Gasteiger partial charge in [-0.2, -0.15) is 4.31 Å². The number of sulfonamides is 1. The van der Waals surface area contributed by atoms with E-state index < -0.39 is 21.9 Å². The number of nitrogens with one attached hydrogen (secondary N) is 1. The number of likely N-dealkylation sites (N-methyl/N-ethyl adjacent to an activating group) is 1. The Morgan fingerprint density at radius 2 is 2.05 bits per heavy atom. The minimum atomic E-state index is -3.93. The number of esters is 1. The molecule has 0 saturated heterocycles. The van der Waals surface area contributed by atoms with Gasteiger partial charge in [-0.25, -0.2) is 13.2 Å². The lowest BCUT2D eigenvalue weighted by Crippen LogP contribution is -2.41. The summed E-state index contributed by atoms with van der Waals surface area (Å²) in [6.07, 6.45) is 0. The summed E-state index contributed by atoms with van der Waals surface area (Å²) in [5.74, 6) is -1.13. The molecule has 0 aliphatic rings. The zero-order valence-electron chi connectivity index (χ0n) is 12.2. The maximum Gasteiger partial charge on any atom is 0.349 e. The molecular weight excluding hydrogens is 316 g/mol. The Kier molecular flexibility index (Phi) is 5.87. The first-order chi connectivity index (χ1) is 9.70. The number of thiophene rings is 1. The van der Waals surface area contributed by atoms with E-state index in [1.54, 1.807) is 13.8 Å². The van der Waals surface area contributed by atoms with Crippen LogP contribution in [0.1, 0.15) is 23.5 Å². The van der Waals surface area contributed by atoms with Crippen LogP contribution in [-0.4, -0.2) is 51.3 Å². The third kappa shape index (κ3) is 4.26. The van der Waals surface area contributed by atoms with Crippen molar-refractivity contribution in [3.63, 3.8) is 0 Å². The van der Waals surface area contributed by atoms with Gasteiger partial charge in [0.05, 0.1) is 13.7 Å². The second-order valence-electron chi connectivity index (χ2n) is 4.59. The van der Waals surface area contributed by atoms with Gasteiger partial charge < -0.3 is 10.1 Å². The quantitative estimate of drug-likeness (QED) is 0.772. The Bertz CT molecular complexity index is 621. The highest BCUT2D eigenvalue weighted by Crippen LogP contribution is 2.25. The average Bonchev–Trinajstić information content (AvgIpc) is 2.86. The van der Waals surface area contributed by atoms with Crippen LogP contribution >= 0.6 is 11.3 Å². The molecule has 1 aromatic heterocycles. The zero-order valence-corrected chi connectivity index (χ0v) is 13.9. The Morgan fingerprint density at radius 3 is 2.57 bits per heavy atom. The van der Waals surface area contributed by atoms with Crippen LogP contribution in [-0.2, 0) is 19.6 Å². The summed E-state index contributed by atoms with van der Waals surface area (Å²) >= 11 is 0.975. The Hall–Kier alpha value is -1.45. The Balaban J connectivity index is 2.98. The van der Waals surface area contributed by atoms with Crippen molar-refractivity contribution in [3.05, 3.63) is 16.3 Å². The zero-order chi connectivity index (χ0) is 16.2. The van der Waals surface area contributed by atoms with Gasteiger partial charge in [0.1, 0.15) is 9.77 Å². The molecule has 0 atom stereocenters. The molecule has 0 aliphatic carbocycles. The molecule has 0 saturated carbocycles. The van der Waals surface area contributed by atoms with Crippen molar-refractivity contribution in [1.82, 2.24) is 9.62 Å². The molecule has 0 aliphatic heterocycles. The van der Waals surface area contributed by atoms with Crippen LogP contribution in [0.15, 0.2) is 16.3 Å². The largest absolute Gasteiger partial charge is 0.465 e. The van der Waals surface area contributed by atoms with E-state index >= 15 is 0 Å². The fourth-order valence-electron chi connectivity index (χ4n) is 1.56. The van der Waals surface area contributed by atoms with Crippen molar-refractivity contribution in [2.45, 2.75) is 24.8 Å². The number of amides is 1. The van der Waals surface area contributed by atoms with E-state index in [1.165, 1.54) is 25.6 Å². The summed E-state index contributed by atoms with van der Waals surface area (Å²) in [4.78, 5) is 23.0. The van der Waals surface area contributed by atoms with Gasteiger partial charge in [0.2, 0.25) is 15.9 Å². The molecule has 0 spiro atoms. The molecule has 118 valence electrons. The number of hydrogen-bond acceptors (Lipinski definition) is 6. The first-order valence-electron chi connectivity index (χ1n) is 6.11. The van der Waals surface area contributed by atoms with E-state index in [1.807, 2.05) is 0 Å². The number of rotatable bonds is 6. The highest BCUT2D eigenvalue weighted by molar-refractivity contribution is 7.89. The fraction of sp³-hybridized carbons (Fsp3) is 0.500. The molecule has 0 unspecified atom stereocenters. The summed E-state index contributed by atoms with van der Waals surface area (Å²) < 4.78 is 30.3. The lowest BCUT2D eigenvalue weighted by Gasteiger charge is -2.17. The molecule has 9 heteroatoms. The normalized spacial score (nSPS) is 11.7. The maximum atomic E-state index is 12.4. The third-order valence-corrected chi connectivity index (χ3v) is 5.37. The van der Waals surface area contributed by atoms with Crippen LogP contribution in [0.25, 0.3) is 0 Å². The van der Waals surface area contributed by atoms with Crippen molar-refractivity contribution in [3.8, 4) is 0 Å². The van der Waals surface area contributed by atoms with Gasteiger partial charge in [0.15, 0.2) is 0 Å². The molecule has 1 heterocycles. The summed E-state index contributed by atoms with van der Waals surface area (Å²) in [5, 5.41) is 4.09. The number of ether oxygens (including phenoxy) is 1. The molecule has 1 aromatic rings. The smallest absolute Gasteiger partial charge is 0.349 e. The van der Waals surface area contributed by atoms with E-state index in [4.69, 9.17) is 0 Å². The van der Waals surface area contributed by atoms with Crippen molar-refractivity contribution in [1.29, 1.82) is 0 Å². The van der Waals surface area contributed by atoms with Gasteiger partial charge >= 0.3 is 5.97 Å². The first kappa shape index (κ1) is 17.6. The minimum Gasteiger partial charge on any atom is -0.465 e. The predicted octanol–water partition coefficient (Wildman–Crippen LogP) is 0.680. The molecule has 0 radical (unpaired) electrons. The maximum absolute atomic E-state index is 12.4. The molecule has 1 amide bonds. The average molecular weight is 334 g/mol. The second-order valence-corrected chi connectivity index (χ2v) is 7.52. The topological polar surface area (TPSA) is 92.8 Å². The predicted molar refractivity (Wildman–Crippen MR) is 78.8 cm³/mol. The number of carbonyl (C=O) groups excluding carboxylic acids is 2. The highest BCUT2D eigenvalue weighted by Gasteiger charge is 2.29. The van der Waals surface area contributed by atoms with Gasteiger partial charge in [-0.1, -0.05) is 0 Å². The highest BCUT2D eigenvalue weighted by atomic mass is 32.2. The van der Waals surface area contributed by atoms with Gasteiger partial charge in [-0.05, 0) is 25.3 Å². The Morgan fingerprint density at radius 1 is 1.43 bits per heavy atom. The Labute approximate surface area is 127 Å². The second kappa shape index (κ2) is 7.01. The molecular formula is C12H18N2O5S2. The third-order valence-electron chi connectivity index (χ3n) is 2.50. The standard InChI is InChI=1S/C12H18N2O5S2/c1-8(2)13-10(15)7-14(3)21(17,18)9-5-6-20-11(9)12(16)19-4/h5-6,8H,7H2,1-4H3,(H,13,15). The van der Waals surface area contributed by atoms with Crippen LogP contribution in [0.3, 0.4) is 0 Å². The number of nitrogens with zero attached hydrogens (tertiary/aromatic N) is 1. The van der Waals surface area contributed by atoms with Gasteiger partial charge in [-0.3, -0.25) is 4.79 Å². The van der Waals surface area contributed by atoms with E-state index in [-0.39, 0.29) is 22.4 Å². The van der Waals surface area contributed by atoms with E-state index in [0.717, 1.165) is 15.6 Å². The summed E-state index contributed by atoms with van der Waals surface area (Å²) in [6, 6.07) is 1.24. The van der Waals surface area contributed by atoms with E-state index in [0.29, 0.717) is 0 Å². The molecule has 21 heavy (non-hydrogen) atoms. The summed E-state index contributed by atoms with van der Waals surface area (Å²) in [6.45, 7) is 3.23. The number of methoxy groups -OCH3 is 1. The molecule has 1 N–H and O–H groups in total. The minimum absolute atomic E-state index is 0.00591. The molecule has 1 rings (SSSR count). The molecule has 0 aromatic carbocycles. The van der Waals surface area contributed by atoms with Gasteiger partial charge in [0.25, 0.3) is 0 Å². The van der Waals surface area contributed by atoms with E-state index in [2.05, 4.69) is 10.1 Å². The first-order valence-corrected chi connectivity index (χ1v) is 8.43. The van der Waals surface area contributed by atoms with Crippen LogP contribution in [0.5, 0.6) is 0 Å². The fourth-order valence-corrected chi connectivity index (χ4v) is 4.00. The lowest BCUT2D eigenvalue weighted by molar-refractivity contribution is -0.121.